The van der Waals surface area contributed by atoms with E-state index in [0.29, 0.717) is 17.2 Å². The normalized spacial score (nSPS) is 13.4. The van der Waals surface area contributed by atoms with Crippen LogP contribution in [0.15, 0.2) is 66.7 Å². The maximum absolute atomic E-state index is 12.1. The van der Waals surface area contributed by atoms with Crippen LogP contribution in [0.4, 0.5) is 23.0 Å². The van der Waals surface area contributed by atoms with Crippen LogP contribution in [0.5, 0.6) is 0 Å². The highest BCUT2D eigenvalue weighted by Gasteiger charge is 2.12. The first-order valence-electron chi connectivity index (χ1n) is 9.10. The van der Waals surface area contributed by atoms with Crippen LogP contribution in [0.2, 0.25) is 0 Å². The van der Waals surface area contributed by atoms with E-state index in [2.05, 4.69) is 37.9 Å². The molecule has 6 heteroatoms. The smallest absolute Gasteiger partial charge is 0.256 e. The summed E-state index contributed by atoms with van der Waals surface area (Å²) < 4.78 is 0. The number of carbonyl (C=O) groups is 1. The average Bonchev–Trinajstić information content (AvgIpc) is 3.26. The lowest BCUT2D eigenvalue weighted by Gasteiger charge is -2.17. The molecule has 1 amide bonds. The van der Waals surface area contributed by atoms with E-state index >= 15 is 0 Å². The Hall–Kier alpha value is -3.41. The van der Waals surface area contributed by atoms with Crippen LogP contribution < -0.4 is 15.5 Å². The van der Waals surface area contributed by atoms with E-state index in [0.717, 1.165) is 18.8 Å². The zero-order valence-corrected chi connectivity index (χ0v) is 14.9. The van der Waals surface area contributed by atoms with Crippen molar-refractivity contribution in [3.63, 3.8) is 0 Å². The molecule has 6 nitrogen and oxygen atoms in total. The third-order valence-electron chi connectivity index (χ3n) is 4.55. The van der Waals surface area contributed by atoms with Crippen LogP contribution in [-0.2, 0) is 0 Å². The number of anilines is 4. The SMILES string of the molecule is O=C(Nc1ccc(Nc2ccc(N3CCCC3)cc2)nn1)c1ccccc1. The molecule has 2 aromatic carbocycles. The van der Waals surface area contributed by atoms with Crippen LogP contribution in [0.3, 0.4) is 0 Å². The summed E-state index contributed by atoms with van der Waals surface area (Å²) >= 11 is 0. The topological polar surface area (TPSA) is 70.2 Å². The van der Waals surface area contributed by atoms with Crippen molar-refractivity contribution >= 4 is 28.9 Å². The Balaban J connectivity index is 1.37. The maximum Gasteiger partial charge on any atom is 0.256 e. The Bertz CT molecular complexity index is 888. The zero-order chi connectivity index (χ0) is 18.5. The molecule has 1 fully saturated rings. The second-order valence-corrected chi connectivity index (χ2v) is 6.49. The summed E-state index contributed by atoms with van der Waals surface area (Å²) in [5, 5.41) is 14.2. The molecule has 1 saturated heterocycles. The molecule has 1 aliphatic rings. The average molecular weight is 359 g/mol. The molecule has 2 heterocycles. The van der Waals surface area contributed by atoms with Gasteiger partial charge in [-0.05, 0) is 61.4 Å². The third-order valence-corrected chi connectivity index (χ3v) is 4.55. The number of hydrogen-bond donors (Lipinski definition) is 2. The summed E-state index contributed by atoms with van der Waals surface area (Å²) in [5.41, 5.74) is 2.79. The van der Waals surface area contributed by atoms with Gasteiger partial charge in [0.2, 0.25) is 0 Å². The van der Waals surface area contributed by atoms with E-state index in [4.69, 9.17) is 0 Å². The van der Waals surface area contributed by atoms with Gasteiger partial charge in [-0.2, -0.15) is 0 Å². The predicted molar refractivity (Wildman–Crippen MR) is 108 cm³/mol. The van der Waals surface area contributed by atoms with Crippen LogP contribution in [0.1, 0.15) is 23.2 Å². The van der Waals surface area contributed by atoms with E-state index in [1.807, 2.05) is 30.3 Å². The summed E-state index contributed by atoms with van der Waals surface area (Å²) in [4.78, 5) is 14.5. The predicted octanol–water partition coefficient (Wildman–Crippen LogP) is 4.07. The molecule has 1 aromatic heterocycles. The highest BCUT2D eigenvalue weighted by Crippen LogP contribution is 2.23. The first-order chi connectivity index (χ1) is 13.3. The zero-order valence-electron chi connectivity index (χ0n) is 14.9. The highest BCUT2D eigenvalue weighted by molar-refractivity contribution is 6.03. The van der Waals surface area contributed by atoms with Gasteiger partial charge in [0.15, 0.2) is 11.6 Å². The minimum absolute atomic E-state index is 0.205. The van der Waals surface area contributed by atoms with Crippen molar-refractivity contribution in [2.75, 3.05) is 28.6 Å². The number of rotatable bonds is 5. The van der Waals surface area contributed by atoms with Crippen LogP contribution >= 0.6 is 0 Å². The van der Waals surface area contributed by atoms with Gasteiger partial charge in [0.05, 0.1) is 0 Å². The van der Waals surface area contributed by atoms with Gasteiger partial charge >= 0.3 is 0 Å². The van der Waals surface area contributed by atoms with Crippen molar-refractivity contribution in [2.24, 2.45) is 0 Å². The number of hydrogen-bond acceptors (Lipinski definition) is 5. The Morgan fingerprint density at radius 1 is 0.815 bits per heavy atom. The van der Waals surface area contributed by atoms with Crippen molar-refractivity contribution in [3.8, 4) is 0 Å². The van der Waals surface area contributed by atoms with E-state index in [1.165, 1.54) is 18.5 Å². The quantitative estimate of drug-likeness (QED) is 0.718. The molecule has 0 atom stereocenters. The molecule has 136 valence electrons. The van der Waals surface area contributed by atoms with Crippen molar-refractivity contribution < 1.29 is 4.79 Å². The molecule has 4 rings (SSSR count). The molecule has 2 N–H and O–H groups in total. The number of nitrogens with one attached hydrogen (secondary N) is 2. The fourth-order valence-electron chi connectivity index (χ4n) is 3.12. The Kier molecular flexibility index (Phi) is 4.96. The Morgan fingerprint density at radius 2 is 1.48 bits per heavy atom. The number of carbonyl (C=O) groups excluding carboxylic acids is 1. The second kappa shape index (κ2) is 7.86. The van der Waals surface area contributed by atoms with E-state index in [9.17, 15) is 4.79 Å². The largest absolute Gasteiger partial charge is 0.372 e. The highest BCUT2D eigenvalue weighted by atomic mass is 16.1. The molecule has 0 radical (unpaired) electrons. The number of aromatic nitrogens is 2. The first kappa shape index (κ1) is 17.0. The molecule has 0 saturated carbocycles. The summed E-state index contributed by atoms with van der Waals surface area (Å²) in [6.07, 6.45) is 2.53. The van der Waals surface area contributed by atoms with E-state index in [-0.39, 0.29) is 5.91 Å². The van der Waals surface area contributed by atoms with Gasteiger partial charge in [-0.1, -0.05) is 18.2 Å². The fourth-order valence-corrected chi connectivity index (χ4v) is 3.12. The van der Waals surface area contributed by atoms with Crippen molar-refractivity contribution in [1.82, 2.24) is 10.2 Å². The molecule has 0 unspecified atom stereocenters. The Labute approximate surface area is 158 Å². The third kappa shape index (κ3) is 4.23. The molecular weight excluding hydrogens is 338 g/mol. The van der Waals surface area contributed by atoms with Gasteiger partial charge < -0.3 is 15.5 Å². The summed E-state index contributed by atoms with van der Waals surface area (Å²) in [6.45, 7) is 2.27. The van der Waals surface area contributed by atoms with Crippen molar-refractivity contribution in [1.29, 1.82) is 0 Å². The van der Waals surface area contributed by atoms with Gasteiger partial charge in [-0.25, -0.2) is 0 Å². The second-order valence-electron chi connectivity index (χ2n) is 6.49. The molecule has 27 heavy (non-hydrogen) atoms. The van der Waals surface area contributed by atoms with Gasteiger partial charge in [-0.3, -0.25) is 4.79 Å². The molecule has 0 bridgehead atoms. The minimum Gasteiger partial charge on any atom is -0.372 e. The van der Waals surface area contributed by atoms with Crippen molar-refractivity contribution in [2.45, 2.75) is 12.8 Å². The number of benzene rings is 2. The molecule has 0 aliphatic carbocycles. The minimum atomic E-state index is -0.205. The van der Waals surface area contributed by atoms with Crippen molar-refractivity contribution in [3.05, 3.63) is 72.3 Å². The summed E-state index contributed by atoms with van der Waals surface area (Å²) in [7, 11) is 0. The van der Waals surface area contributed by atoms with E-state index in [1.54, 1.807) is 24.3 Å². The lowest BCUT2D eigenvalue weighted by molar-refractivity contribution is 0.102. The number of amides is 1. The van der Waals surface area contributed by atoms with Gasteiger partial charge in [0, 0.05) is 30.0 Å². The lowest BCUT2D eigenvalue weighted by atomic mass is 10.2. The van der Waals surface area contributed by atoms with Gasteiger partial charge in [0.1, 0.15) is 0 Å². The Morgan fingerprint density at radius 3 is 2.15 bits per heavy atom. The van der Waals surface area contributed by atoms with Crippen LogP contribution in [-0.4, -0.2) is 29.2 Å². The standard InChI is InChI=1S/C21H21N5O/c27-21(16-6-2-1-3-7-16)23-20-13-12-19(24-25-20)22-17-8-10-18(11-9-17)26-14-4-5-15-26/h1-3,6-13H,4-5,14-15H2,(H,22,24)(H,23,25,27). The van der Waals surface area contributed by atoms with Crippen LogP contribution in [0, 0.1) is 0 Å². The van der Waals surface area contributed by atoms with Gasteiger partial charge in [-0.15, -0.1) is 10.2 Å². The molecule has 3 aromatic rings. The number of nitrogens with zero attached hydrogens (tertiary/aromatic N) is 3. The van der Waals surface area contributed by atoms with Crippen LogP contribution in [0.25, 0.3) is 0 Å². The van der Waals surface area contributed by atoms with E-state index < -0.39 is 0 Å². The molecule has 0 spiro atoms. The maximum atomic E-state index is 12.1. The fraction of sp³-hybridized carbons (Fsp3) is 0.190. The van der Waals surface area contributed by atoms with Gasteiger partial charge in [0.25, 0.3) is 5.91 Å². The molecule has 1 aliphatic heterocycles. The summed E-state index contributed by atoms with van der Waals surface area (Å²) in [6, 6.07) is 20.9. The summed E-state index contributed by atoms with van der Waals surface area (Å²) in [5.74, 6) is 0.837. The molecular formula is C21H21N5O. The monoisotopic (exact) mass is 359 g/mol. The lowest BCUT2D eigenvalue weighted by Crippen LogP contribution is -2.17. The first-order valence-corrected chi connectivity index (χ1v) is 9.10.